The minimum atomic E-state index is -2.47. The summed E-state index contributed by atoms with van der Waals surface area (Å²) in [5.41, 5.74) is 0. The normalized spacial score (nSPS) is 42.2. The van der Waals surface area contributed by atoms with Gasteiger partial charge in [-0.1, -0.05) is 0 Å². The van der Waals surface area contributed by atoms with Crippen LogP contribution in [0.25, 0.3) is 0 Å². The lowest BCUT2D eigenvalue weighted by Crippen LogP contribution is -2.40. The first-order chi connectivity index (χ1) is 6.09. The van der Waals surface area contributed by atoms with Crippen LogP contribution in [-0.4, -0.2) is 42.9 Å². The molecule has 1 saturated heterocycles. The van der Waals surface area contributed by atoms with Crippen LogP contribution in [0, 0.1) is 5.92 Å². The summed E-state index contributed by atoms with van der Waals surface area (Å²) in [6.07, 6.45) is -0.573. The van der Waals surface area contributed by atoms with E-state index in [4.69, 9.17) is 4.74 Å². The monoisotopic (exact) mass is 193 g/mol. The molecule has 0 aromatic heterocycles. The predicted molar refractivity (Wildman–Crippen MR) is 41.7 cm³/mol. The lowest BCUT2D eigenvalue weighted by atomic mass is 10.2. The van der Waals surface area contributed by atoms with Crippen LogP contribution < -0.4 is 5.32 Å². The highest BCUT2D eigenvalue weighted by atomic mass is 19.3. The maximum atomic E-state index is 12.4. The number of rotatable bonds is 3. The summed E-state index contributed by atoms with van der Waals surface area (Å²) in [7, 11) is 0. The van der Waals surface area contributed by atoms with E-state index in [9.17, 15) is 13.9 Å². The first kappa shape index (κ1) is 9.30. The van der Waals surface area contributed by atoms with E-state index in [0.29, 0.717) is 13.2 Å². The minimum absolute atomic E-state index is 0.0241. The molecule has 2 aliphatic rings. The highest BCUT2D eigenvalue weighted by Gasteiger charge is 2.56. The first-order valence-corrected chi connectivity index (χ1v) is 4.46. The summed E-state index contributed by atoms with van der Waals surface area (Å²) >= 11 is 0. The molecule has 2 fully saturated rings. The van der Waals surface area contributed by atoms with Gasteiger partial charge in [-0.3, -0.25) is 0 Å². The smallest absolute Gasteiger partial charge is 0.252 e. The second-order valence-corrected chi connectivity index (χ2v) is 3.78. The van der Waals surface area contributed by atoms with Crippen molar-refractivity contribution in [2.75, 3.05) is 19.8 Å². The number of aliphatic hydroxyl groups excluding tert-OH is 1. The Bertz CT molecular complexity index is 201. The van der Waals surface area contributed by atoms with Gasteiger partial charge >= 0.3 is 0 Å². The summed E-state index contributed by atoms with van der Waals surface area (Å²) in [4.78, 5) is 0. The van der Waals surface area contributed by atoms with Crippen molar-refractivity contribution in [1.29, 1.82) is 0 Å². The number of halogens is 2. The van der Waals surface area contributed by atoms with Crippen LogP contribution in [-0.2, 0) is 4.74 Å². The fraction of sp³-hybridized carbons (Fsp3) is 1.00. The van der Waals surface area contributed by atoms with Gasteiger partial charge in [-0.25, -0.2) is 8.78 Å². The molecule has 1 aliphatic carbocycles. The van der Waals surface area contributed by atoms with Crippen LogP contribution in [0.15, 0.2) is 0 Å². The molecule has 0 radical (unpaired) electrons. The van der Waals surface area contributed by atoms with Crippen molar-refractivity contribution in [2.45, 2.75) is 24.5 Å². The molecule has 1 saturated carbocycles. The highest BCUT2D eigenvalue weighted by molar-refractivity contribution is 4.97. The SMILES string of the molecule is O[C@@H]1COC[C@H]1NCC1CC1(F)F. The third-order valence-electron chi connectivity index (χ3n) is 2.63. The molecule has 0 amide bonds. The Kier molecular flexibility index (Phi) is 2.25. The topological polar surface area (TPSA) is 41.5 Å². The van der Waals surface area contributed by atoms with E-state index in [1.807, 2.05) is 0 Å². The Morgan fingerprint density at radius 2 is 2.15 bits per heavy atom. The van der Waals surface area contributed by atoms with Gasteiger partial charge in [-0.2, -0.15) is 0 Å². The van der Waals surface area contributed by atoms with E-state index in [-0.39, 0.29) is 19.0 Å². The summed E-state index contributed by atoms with van der Waals surface area (Å²) in [5.74, 6) is -3.02. The number of alkyl halides is 2. The van der Waals surface area contributed by atoms with Crippen LogP contribution in [0.1, 0.15) is 6.42 Å². The zero-order chi connectivity index (χ0) is 9.47. The lowest BCUT2D eigenvalue weighted by molar-refractivity contribution is 0.0952. The van der Waals surface area contributed by atoms with Crippen LogP contribution in [0.2, 0.25) is 0 Å². The van der Waals surface area contributed by atoms with Gasteiger partial charge < -0.3 is 15.2 Å². The second kappa shape index (κ2) is 3.15. The Morgan fingerprint density at radius 1 is 1.46 bits per heavy atom. The largest absolute Gasteiger partial charge is 0.389 e. The van der Waals surface area contributed by atoms with Crippen molar-refractivity contribution >= 4 is 0 Å². The van der Waals surface area contributed by atoms with Crippen molar-refractivity contribution in [3.05, 3.63) is 0 Å². The van der Waals surface area contributed by atoms with Crippen molar-refractivity contribution < 1.29 is 18.6 Å². The molecule has 5 heteroatoms. The first-order valence-electron chi connectivity index (χ1n) is 4.46. The number of hydrogen-bond donors (Lipinski definition) is 2. The molecule has 76 valence electrons. The molecule has 13 heavy (non-hydrogen) atoms. The molecule has 1 heterocycles. The summed E-state index contributed by atoms with van der Waals surface area (Å²) in [6, 6.07) is -0.170. The molecule has 2 rings (SSSR count). The summed E-state index contributed by atoms with van der Waals surface area (Å²) in [6.45, 7) is 0.996. The van der Waals surface area contributed by atoms with Gasteiger partial charge in [0.05, 0.1) is 25.4 Å². The second-order valence-electron chi connectivity index (χ2n) is 3.78. The fourth-order valence-electron chi connectivity index (χ4n) is 1.52. The zero-order valence-corrected chi connectivity index (χ0v) is 7.17. The van der Waals surface area contributed by atoms with E-state index in [1.165, 1.54) is 0 Å². The van der Waals surface area contributed by atoms with E-state index < -0.39 is 17.9 Å². The van der Waals surface area contributed by atoms with Crippen molar-refractivity contribution in [2.24, 2.45) is 5.92 Å². The van der Waals surface area contributed by atoms with Crippen molar-refractivity contribution in [3.63, 3.8) is 0 Å². The van der Waals surface area contributed by atoms with E-state index in [0.717, 1.165) is 0 Å². The van der Waals surface area contributed by atoms with Gasteiger partial charge in [-0.05, 0) is 0 Å². The molecular weight excluding hydrogens is 180 g/mol. The van der Waals surface area contributed by atoms with Crippen molar-refractivity contribution in [1.82, 2.24) is 5.32 Å². The van der Waals surface area contributed by atoms with Crippen molar-refractivity contribution in [3.8, 4) is 0 Å². The maximum Gasteiger partial charge on any atom is 0.252 e. The Balaban J connectivity index is 1.68. The average molecular weight is 193 g/mol. The fourth-order valence-corrected chi connectivity index (χ4v) is 1.52. The average Bonchev–Trinajstić information content (AvgIpc) is 2.47. The van der Waals surface area contributed by atoms with Crippen LogP contribution >= 0.6 is 0 Å². The van der Waals surface area contributed by atoms with E-state index in [2.05, 4.69) is 5.32 Å². The Labute approximate surface area is 75.1 Å². The number of nitrogens with one attached hydrogen (secondary N) is 1. The standard InChI is InChI=1S/C8H13F2NO2/c9-8(10)1-5(8)2-11-6-3-13-4-7(6)12/h5-7,11-12H,1-4H2/t5?,6-,7-/m1/s1. The van der Waals surface area contributed by atoms with Crippen LogP contribution in [0.5, 0.6) is 0 Å². The third-order valence-corrected chi connectivity index (χ3v) is 2.63. The number of aliphatic hydroxyl groups is 1. The van der Waals surface area contributed by atoms with Gasteiger partial charge in [0.2, 0.25) is 0 Å². The number of ether oxygens (including phenoxy) is 1. The molecule has 3 atom stereocenters. The zero-order valence-electron chi connectivity index (χ0n) is 7.17. The van der Waals surface area contributed by atoms with Gasteiger partial charge in [0.25, 0.3) is 5.92 Å². The summed E-state index contributed by atoms with van der Waals surface area (Å²) < 4.78 is 29.8. The molecule has 0 spiro atoms. The Morgan fingerprint density at radius 3 is 2.62 bits per heavy atom. The molecule has 0 aromatic rings. The quantitative estimate of drug-likeness (QED) is 0.662. The third kappa shape index (κ3) is 1.98. The van der Waals surface area contributed by atoms with E-state index in [1.54, 1.807) is 0 Å². The van der Waals surface area contributed by atoms with Gasteiger partial charge in [-0.15, -0.1) is 0 Å². The van der Waals surface area contributed by atoms with Gasteiger partial charge in [0.1, 0.15) is 0 Å². The highest BCUT2D eigenvalue weighted by Crippen LogP contribution is 2.48. The van der Waals surface area contributed by atoms with Gasteiger partial charge in [0, 0.05) is 18.9 Å². The molecule has 1 aliphatic heterocycles. The van der Waals surface area contributed by atoms with Gasteiger partial charge in [0.15, 0.2) is 0 Å². The number of hydrogen-bond acceptors (Lipinski definition) is 3. The van der Waals surface area contributed by atoms with Crippen LogP contribution in [0.3, 0.4) is 0 Å². The van der Waals surface area contributed by atoms with E-state index >= 15 is 0 Å². The van der Waals surface area contributed by atoms with Crippen LogP contribution in [0.4, 0.5) is 8.78 Å². The molecular formula is C8H13F2NO2. The lowest BCUT2D eigenvalue weighted by Gasteiger charge is -2.13. The molecule has 0 aromatic carbocycles. The predicted octanol–water partition coefficient (Wildman–Crippen LogP) is -0.00910. The maximum absolute atomic E-state index is 12.4. The molecule has 3 nitrogen and oxygen atoms in total. The molecule has 2 N–H and O–H groups in total. The Hall–Kier alpha value is -0.260. The molecule has 0 bridgehead atoms. The summed E-state index contributed by atoms with van der Waals surface area (Å²) in [5, 5.41) is 12.2. The molecule has 1 unspecified atom stereocenters. The minimum Gasteiger partial charge on any atom is -0.389 e.